The number of aromatic nitrogens is 3. The monoisotopic (exact) mass is 427 g/mol. The number of hydrogen-bond donors (Lipinski definition) is 0. The minimum Gasteiger partial charge on any atom is -0.842 e. The quantitative estimate of drug-likeness (QED) is 0.588. The van der Waals surface area contributed by atoms with E-state index in [0.717, 1.165) is 4.88 Å². The first kappa shape index (κ1) is 17.8. The first-order chi connectivity index (χ1) is 12.4. The molecule has 1 atom stereocenters. The van der Waals surface area contributed by atoms with Crippen molar-refractivity contribution in [3.8, 4) is 17.0 Å². The summed E-state index contributed by atoms with van der Waals surface area (Å²) in [5.74, 6) is 0.333. The fraction of sp³-hybridized carbons (Fsp3) is 0.235. The number of rotatable bonds is 2. The number of hydrogen-bond acceptors (Lipinski definition) is 4. The van der Waals surface area contributed by atoms with Gasteiger partial charge in [-0.05, 0) is 23.8 Å². The highest BCUT2D eigenvalue weighted by atomic mass is 35.5. The third-order valence-electron chi connectivity index (χ3n) is 4.54. The summed E-state index contributed by atoms with van der Waals surface area (Å²) in [6, 6.07) is 4.52. The van der Waals surface area contributed by atoms with Crippen molar-refractivity contribution in [3.05, 3.63) is 60.0 Å². The predicted molar refractivity (Wildman–Crippen MR) is 100 cm³/mol. The molecule has 134 valence electrons. The van der Waals surface area contributed by atoms with E-state index in [2.05, 4.69) is 4.98 Å². The van der Waals surface area contributed by atoms with Crippen LogP contribution < -0.4 is 15.2 Å². The minimum atomic E-state index is -0.359. The van der Waals surface area contributed by atoms with Crippen LogP contribution in [-0.4, -0.2) is 9.55 Å². The van der Waals surface area contributed by atoms with Gasteiger partial charge in [-0.25, -0.2) is 14.3 Å². The fourth-order valence-electron chi connectivity index (χ4n) is 3.41. The van der Waals surface area contributed by atoms with Gasteiger partial charge >= 0.3 is 5.56 Å². The molecule has 0 fully saturated rings. The molecule has 1 unspecified atom stereocenters. The predicted octanol–water partition coefficient (Wildman–Crippen LogP) is 3.37. The lowest BCUT2D eigenvalue weighted by Gasteiger charge is -2.19. The molecular weight excluding hydrogens is 417 g/mol. The first-order valence-electron chi connectivity index (χ1n) is 7.79. The summed E-state index contributed by atoms with van der Waals surface area (Å²) in [4.78, 5) is 17.8. The highest BCUT2D eigenvalue weighted by Gasteiger charge is 2.36. The van der Waals surface area contributed by atoms with E-state index in [1.807, 2.05) is 0 Å². The molecule has 2 aromatic heterocycles. The first-order valence-corrected chi connectivity index (χ1v) is 9.74. The maximum Gasteiger partial charge on any atom is 0.344 e. The number of halogens is 3. The molecule has 0 amide bonds. The van der Waals surface area contributed by atoms with Gasteiger partial charge in [0.15, 0.2) is 4.47 Å². The SMILES string of the molecule is Cn1c2[n+](c([O-])c(-c3cc(Cl)cc(Cl)c3)c1=O)C(c1cnc(Cl)s1)CC2. The summed E-state index contributed by atoms with van der Waals surface area (Å²) in [5, 5.41) is 14.0. The summed E-state index contributed by atoms with van der Waals surface area (Å²) >= 11 is 19.4. The Morgan fingerprint density at radius 1 is 1.27 bits per heavy atom. The smallest absolute Gasteiger partial charge is 0.344 e. The Morgan fingerprint density at radius 3 is 2.58 bits per heavy atom. The van der Waals surface area contributed by atoms with E-state index in [0.29, 0.717) is 38.7 Å². The number of fused-ring (bicyclic) bond motifs is 1. The molecule has 9 heteroatoms. The Balaban J connectivity index is 1.98. The maximum atomic E-state index is 13.3. The van der Waals surface area contributed by atoms with Gasteiger partial charge in [-0.2, -0.15) is 4.57 Å². The van der Waals surface area contributed by atoms with Crippen molar-refractivity contribution in [2.45, 2.75) is 18.9 Å². The van der Waals surface area contributed by atoms with Crippen LogP contribution in [0.4, 0.5) is 0 Å². The van der Waals surface area contributed by atoms with E-state index in [1.165, 1.54) is 15.9 Å². The van der Waals surface area contributed by atoms with Gasteiger partial charge in [0.1, 0.15) is 11.6 Å². The second kappa shape index (κ2) is 6.53. The molecule has 5 nitrogen and oxygen atoms in total. The van der Waals surface area contributed by atoms with Crippen LogP contribution in [0.5, 0.6) is 5.88 Å². The summed E-state index contributed by atoms with van der Waals surface area (Å²) in [5.41, 5.74) is 0.113. The van der Waals surface area contributed by atoms with Crippen LogP contribution in [0.25, 0.3) is 11.1 Å². The third-order valence-corrected chi connectivity index (χ3v) is 6.20. The molecule has 0 spiro atoms. The normalized spacial score (nSPS) is 16.1. The number of nitrogens with zero attached hydrogens (tertiary/aromatic N) is 3. The minimum absolute atomic E-state index is 0.0585. The highest BCUT2D eigenvalue weighted by Crippen LogP contribution is 2.34. The van der Waals surface area contributed by atoms with E-state index in [1.54, 1.807) is 36.0 Å². The summed E-state index contributed by atoms with van der Waals surface area (Å²) in [6.45, 7) is 0. The molecular formula is C17H12Cl3N3O2S. The molecule has 26 heavy (non-hydrogen) atoms. The Hall–Kier alpha value is -1.60. The molecule has 0 aliphatic carbocycles. The molecule has 0 N–H and O–H groups in total. The van der Waals surface area contributed by atoms with Crippen molar-refractivity contribution in [2.24, 2.45) is 7.05 Å². The van der Waals surface area contributed by atoms with Crippen LogP contribution in [0.2, 0.25) is 14.5 Å². The van der Waals surface area contributed by atoms with E-state index < -0.39 is 0 Å². The van der Waals surface area contributed by atoms with Gasteiger partial charge in [0.2, 0.25) is 0 Å². The van der Waals surface area contributed by atoms with Gasteiger partial charge in [-0.15, -0.1) is 11.3 Å². The van der Waals surface area contributed by atoms with Crippen molar-refractivity contribution < 1.29 is 9.67 Å². The van der Waals surface area contributed by atoms with Gasteiger partial charge in [0, 0.05) is 22.7 Å². The van der Waals surface area contributed by atoms with Crippen LogP contribution >= 0.6 is 46.1 Å². The zero-order valence-corrected chi connectivity index (χ0v) is 16.6. The van der Waals surface area contributed by atoms with E-state index in [4.69, 9.17) is 34.8 Å². The van der Waals surface area contributed by atoms with Crippen LogP contribution in [0.15, 0.2) is 29.2 Å². The van der Waals surface area contributed by atoms with E-state index in [-0.39, 0.29) is 23.0 Å². The van der Waals surface area contributed by atoms with Crippen LogP contribution in [-0.2, 0) is 13.5 Å². The van der Waals surface area contributed by atoms with Crippen molar-refractivity contribution in [3.63, 3.8) is 0 Å². The van der Waals surface area contributed by atoms with Gasteiger partial charge in [0.25, 0.3) is 5.82 Å². The molecule has 0 saturated heterocycles. The molecule has 1 aliphatic heterocycles. The summed E-state index contributed by atoms with van der Waals surface area (Å²) in [6.07, 6.45) is 3.01. The van der Waals surface area contributed by atoms with E-state index >= 15 is 0 Å². The molecule has 1 aliphatic rings. The number of benzene rings is 1. The Kier molecular flexibility index (Phi) is 4.47. The molecule has 0 radical (unpaired) electrons. The van der Waals surface area contributed by atoms with Gasteiger partial charge in [-0.1, -0.05) is 34.8 Å². The average molecular weight is 429 g/mol. The molecule has 1 aromatic carbocycles. The standard InChI is InChI=1S/C17H12Cl3N3O2S/c1-22-13-3-2-11(12-7-21-17(20)26-12)23(13)16(25)14(15(22)24)8-4-9(18)6-10(19)5-8/h4-7,11H,2-3H2,1H3. The molecule has 0 bridgehead atoms. The Labute approximate surface area is 168 Å². The fourth-order valence-corrected chi connectivity index (χ4v) is 5.02. The lowest BCUT2D eigenvalue weighted by Crippen LogP contribution is -2.47. The van der Waals surface area contributed by atoms with Crippen LogP contribution in [0.1, 0.15) is 23.2 Å². The average Bonchev–Trinajstić information content (AvgIpc) is 3.18. The largest absolute Gasteiger partial charge is 0.842 e. The second-order valence-corrected chi connectivity index (χ2v) is 8.58. The van der Waals surface area contributed by atoms with E-state index in [9.17, 15) is 9.90 Å². The third kappa shape index (κ3) is 2.81. The molecule has 3 aromatic rings. The lowest BCUT2D eigenvalue weighted by atomic mass is 10.1. The van der Waals surface area contributed by atoms with Crippen molar-refractivity contribution in [1.29, 1.82) is 0 Å². The maximum absolute atomic E-state index is 13.3. The van der Waals surface area contributed by atoms with Crippen LogP contribution in [0.3, 0.4) is 0 Å². The summed E-state index contributed by atoms with van der Waals surface area (Å²) in [7, 11) is 1.67. The molecule has 3 heterocycles. The lowest BCUT2D eigenvalue weighted by molar-refractivity contribution is -0.747. The van der Waals surface area contributed by atoms with Gasteiger partial charge in [0.05, 0.1) is 24.2 Å². The van der Waals surface area contributed by atoms with Crippen molar-refractivity contribution >= 4 is 46.1 Å². The molecule has 0 saturated carbocycles. The van der Waals surface area contributed by atoms with Crippen LogP contribution in [0, 0.1) is 0 Å². The zero-order chi connectivity index (χ0) is 18.6. The van der Waals surface area contributed by atoms with Crippen molar-refractivity contribution in [2.75, 3.05) is 0 Å². The second-order valence-electron chi connectivity index (χ2n) is 6.06. The number of thiazole rings is 1. The van der Waals surface area contributed by atoms with Gasteiger partial charge < -0.3 is 5.11 Å². The Morgan fingerprint density at radius 2 is 1.96 bits per heavy atom. The Bertz CT molecular complexity index is 1070. The van der Waals surface area contributed by atoms with Gasteiger partial charge in [-0.3, -0.25) is 0 Å². The van der Waals surface area contributed by atoms with Crippen molar-refractivity contribution in [1.82, 2.24) is 9.55 Å². The topological polar surface area (TPSA) is 61.8 Å². The molecule has 4 rings (SSSR count). The summed E-state index contributed by atoms with van der Waals surface area (Å²) < 4.78 is 3.61. The highest BCUT2D eigenvalue weighted by molar-refractivity contribution is 7.15. The zero-order valence-electron chi connectivity index (χ0n) is 13.5.